The van der Waals surface area contributed by atoms with E-state index in [1.165, 1.54) is 44.9 Å². The van der Waals surface area contributed by atoms with Crippen molar-refractivity contribution in [1.82, 2.24) is 4.90 Å². The highest BCUT2D eigenvalue weighted by atomic mass is 16.5. The third-order valence-corrected chi connectivity index (χ3v) is 2.97. The van der Waals surface area contributed by atoms with Gasteiger partial charge in [-0.3, -0.25) is 9.69 Å². The van der Waals surface area contributed by atoms with E-state index in [0.29, 0.717) is 13.2 Å². The van der Waals surface area contributed by atoms with Crippen molar-refractivity contribution < 1.29 is 9.53 Å². The van der Waals surface area contributed by atoms with E-state index < -0.39 is 0 Å². The van der Waals surface area contributed by atoms with Crippen LogP contribution < -0.4 is 0 Å². The first-order valence-corrected chi connectivity index (χ1v) is 7.47. The highest BCUT2D eigenvalue weighted by Gasteiger charge is 2.02. The second kappa shape index (κ2) is 12.9. The fourth-order valence-corrected chi connectivity index (χ4v) is 1.85. The molecule has 0 amide bonds. The minimum absolute atomic E-state index is 0.0633. The topological polar surface area (TPSA) is 29.5 Å². The van der Waals surface area contributed by atoms with Crippen LogP contribution in [0.5, 0.6) is 0 Å². The number of carbonyl (C=O) groups is 1. The fraction of sp³-hybridized carbons (Fsp3) is 0.933. The second-order valence-corrected chi connectivity index (χ2v) is 5.30. The molecule has 0 rings (SSSR count). The van der Waals surface area contributed by atoms with Crippen molar-refractivity contribution in [2.24, 2.45) is 0 Å². The average Bonchev–Trinajstić information content (AvgIpc) is 2.34. The molecule has 0 aromatic rings. The predicted molar refractivity (Wildman–Crippen MR) is 76.5 cm³/mol. The monoisotopic (exact) mass is 257 g/mol. The summed E-state index contributed by atoms with van der Waals surface area (Å²) in [7, 11) is 3.79. The molecule has 108 valence electrons. The minimum atomic E-state index is -0.0633. The molecule has 0 saturated heterocycles. The van der Waals surface area contributed by atoms with E-state index in [1.54, 1.807) is 0 Å². The smallest absolute Gasteiger partial charge is 0.307 e. The molecule has 0 N–H and O–H groups in total. The van der Waals surface area contributed by atoms with Gasteiger partial charge in [-0.25, -0.2) is 0 Å². The SMILES string of the molecule is CCCCCCCCCCCC(=O)OCN(C)C. The first-order chi connectivity index (χ1) is 8.66. The predicted octanol–water partition coefficient (Wildman–Crippen LogP) is 3.97. The molecule has 0 aliphatic heterocycles. The van der Waals surface area contributed by atoms with E-state index in [-0.39, 0.29) is 5.97 Å². The molecule has 3 heteroatoms. The molecule has 0 radical (unpaired) electrons. The summed E-state index contributed by atoms with van der Waals surface area (Å²) in [6.45, 7) is 2.64. The summed E-state index contributed by atoms with van der Waals surface area (Å²) in [6, 6.07) is 0. The Bertz CT molecular complexity index is 193. The van der Waals surface area contributed by atoms with Crippen LogP contribution in [0, 0.1) is 0 Å². The lowest BCUT2D eigenvalue weighted by atomic mass is 10.1. The number of ether oxygens (including phenoxy) is 1. The van der Waals surface area contributed by atoms with Crippen LogP contribution in [0.2, 0.25) is 0 Å². The Morgan fingerprint density at radius 1 is 0.889 bits per heavy atom. The van der Waals surface area contributed by atoms with Crippen molar-refractivity contribution >= 4 is 5.97 Å². The molecule has 0 fully saturated rings. The van der Waals surface area contributed by atoms with Gasteiger partial charge in [0.2, 0.25) is 0 Å². The largest absolute Gasteiger partial charge is 0.450 e. The second-order valence-electron chi connectivity index (χ2n) is 5.30. The molecular formula is C15H31NO2. The number of unbranched alkanes of at least 4 members (excludes halogenated alkanes) is 8. The highest BCUT2D eigenvalue weighted by Crippen LogP contribution is 2.10. The zero-order chi connectivity index (χ0) is 13.6. The van der Waals surface area contributed by atoms with E-state index in [9.17, 15) is 4.79 Å². The number of hydrogen-bond donors (Lipinski definition) is 0. The van der Waals surface area contributed by atoms with Gasteiger partial charge in [-0.15, -0.1) is 0 Å². The molecular weight excluding hydrogens is 226 g/mol. The average molecular weight is 257 g/mol. The maximum Gasteiger partial charge on any atom is 0.307 e. The molecule has 0 aromatic carbocycles. The quantitative estimate of drug-likeness (QED) is 0.301. The molecule has 18 heavy (non-hydrogen) atoms. The third-order valence-electron chi connectivity index (χ3n) is 2.97. The van der Waals surface area contributed by atoms with Crippen LogP contribution in [-0.2, 0) is 9.53 Å². The van der Waals surface area contributed by atoms with E-state index >= 15 is 0 Å². The van der Waals surface area contributed by atoms with Crippen LogP contribution in [-0.4, -0.2) is 31.7 Å². The van der Waals surface area contributed by atoms with Crippen molar-refractivity contribution in [2.45, 2.75) is 71.1 Å². The first-order valence-electron chi connectivity index (χ1n) is 7.47. The van der Waals surface area contributed by atoms with E-state index in [4.69, 9.17) is 4.74 Å². The number of rotatable bonds is 12. The first kappa shape index (κ1) is 17.4. The van der Waals surface area contributed by atoms with Crippen molar-refractivity contribution in [3.8, 4) is 0 Å². The lowest BCUT2D eigenvalue weighted by Gasteiger charge is -2.10. The zero-order valence-corrected chi connectivity index (χ0v) is 12.5. The minimum Gasteiger partial charge on any atom is -0.450 e. The van der Waals surface area contributed by atoms with Crippen LogP contribution >= 0.6 is 0 Å². The van der Waals surface area contributed by atoms with Gasteiger partial charge in [0.25, 0.3) is 0 Å². The van der Waals surface area contributed by atoms with Gasteiger partial charge in [0.15, 0.2) is 0 Å². The van der Waals surface area contributed by atoms with Gasteiger partial charge in [-0.05, 0) is 20.5 Å². The summed E-state index contributed by atoms with van der Waals surface area (Å²) in [5.74, 6) is -0.0633. The van der Waals surface area contributed by atoms with E-state index in [1.807, 2.05) is 19.0 Å². The van der Waals surface area contributed by atoms with Gasteiger partial charge in [-0.2, -0.15) is 0 Å². The molecule has 0 aromatic heterocycles. The standard InChI is InChI=1S/C15H31NO2/c1-4-5-6-7-8-9-10-11-12-13-15(17)18-14-16(2)3/h4-14H2,1-3H3. The molecule has 0 spiro atoms. The van der Waals surface area contributed by atoms with Gasteiger partial charge >= 0.3 is 5.97 Å². The zero-order valence-electron chi connectivity index (χ0n) is 12.5. The Morgan fingerprint density at radius 2 is 1.39 bits per heavy atom. The van der Waals surface area contributed by atoms with Crippen molar-refractivity contribution in [1.29, 1.82) is 0 Å². The van der Waals surface area contributed by atoms with Gasteiger partial charge in [0.05, 0.1) is 0 Å². The van der Waals surface area contributed by atoms with Gasteiger partial charge in [-0.1, -0.05) is 58.3 Å². The summed E-state index contributed by atoms with van der Waals surface area (Å²) in [5, 5.41) is 0. The molecule has 0 saturated carbocycles. The van der Waals surface area contributed by atoms with Gasteiger partial charge in [0.1, 0.15) is 6.73 Å². The normalized spacial score (nSPS) is 10.9. The van der Waals surface area contributed by atoms with Crippen molar-refractivity contribution in [3.05, 3.63) is 0 Å². The molecule has 0 aliphatic carbocycles. The van der Waals surface area contributed by atoms with Crippen LogP contribution in [0.15, 0.2) is 0 Å². The van der Waals surface area contributed by atoms with Crippen LogP contribution in [0.1, 0.15) is 71.1 Å². The number of hydrogen-bond acceptors (Lipinski definition) is 3. The third kappa shape index (κ3) is 13.5. The maximum atomic E-state index is 11.3. The van der Waals surface area contributed by atoms with E-state index in [2.05, 4.69) is 6.92 Å². The van der Waals surface area contributed by atoms with Crippen molar-refractivity contribution in [2.75, 3.05) is 20.8 Å². The van der Waals surface area contributed by atoms with Crippen LogP contribution in [0.25, 0.3) is 0 Å². The molecule has 0 bridgehead atoms. The number of esters is 1. The van der Waals surface area contributed by atoms with Crippen LogP contribution in [0.4, 0.5) is 0 Å². The molecule has 0 unspecified atom stereocenters. The molecule has 0 aliphatic rings. The lowest BCUT2D eigenvalue weighted by molar-refractivity contribution is -0.147. The molecule has 0 atom stereocenters. The lowest BCUT2D eigenvalue weighted by Crippen LogP contribution is -2.19. The Morgan fingerprint density at radius 3 is 1.89 bits per heavy atom. The fourth-order valence-electron chi connectivity index (χ4n) is 1.85. The number of carbonyl (C=O) groups excluding carboxylic acids is 1. The maximum absolute atomic E-state index is 11.3. The summed E-state index contributed by atoms with van der Waals surface area (Å²) >= 11 is 0. The molecule has 3 nitrogen and oxygen atoms in total. The van der Waals surface area contributed by atoms with Gasteiger partial charge in [0, 0.05) is 6.42 Å². The highest BCUT2D eigenvalue weighted by molar-refractivity contribution is 5.69. The van der Waals surface area contributed by atoms with Crippen LogP contribution in [0.3, 0.4) is 0 Å². The summed E-state index contributed by atoms with van der Waals surface area (Å²) in [6.07, 6.45) is 12.1. The Balaban J connectivity index is 3.12. The van der Waals surface area contributed by atoms with Gasteiger partial charge < -0.3 is 4.74 Å². The molecule has 0 heterocycles. The summed E-state index contributed by atoms with van der Waals surface area (Å²) < 4.78 is 5.06. The van der Waals surface area contributed by atoms with E-state index in [0.717, 1.165) is 12.8 Å². The Labute approximate surface area is 113 Å². The Hall–Kier alpha value is -0.570. The summed E-state index contributed by atoms with van der Waals surface area (Å²) in [5.41, 5.74) is 0. The summed E-state index contributed by atoms with van der Waals surface area (Å²) in [4.78, 5) is 13.2. The van der Waals surface area contributed by atoms with Crippen molar-refractivity contribution in [3.63, 3.8) is 0 Å². The number of nitrogens with zero attached hydrogens (tertiary/aromatic N) is 1. The Kier molecular flexibility index (Phi) is 12.5.